The Labute approximate surface area is 109 Å². The van der Waals surface area contributed by atoms with E-state index in [1.807, 2.05) is 6.92 Å². The largest absolute Gasteiger partial charge is 0.330 e. The number of aryl methyl sites for hydroxylation is 1. The summed E-state index contributed by atoms with van der Waals surface area (Å²) < 4.78 is 0. The Morgan fingerprint density at radius 3 is 2.53 bits per heavy atom. The lowest BCUT2D eigenvalue weighted by atomic mass is 9.94. The standard InChI is InChI=1S/C13H22ClN3/c1-4-6-7-10(8-15)12-11(5-2)13(14)17-9(3)16-12/h10H,4-8,15H2,1-3H3. The van der Waals surface area contributed by atoms with Gasteiger partial charge in [0.05, 0.1) is 5.69 Å². The maximum Gasteiger partial charge on any atom is 0.136 e. The van der Waals surface area contributed by atoms with Gasteiger partial charge < -0.3 is 5.73 Å². The number of hydrogen-bond donors (Lipinski definition) is 1. The van der Waals surface area contributed by atoms with Gasteiger partial charge in [-0.1, -0.05) is 38.3 Å². The zero-order valence-corrected chi connectivity index (χ0v) is 11.7. The predicted octanol–water partition coefficient (Wildman–Crippen LogP) is 3.23. The van der Waals surface area contributed by atoms with Gasteiger partial charge in [-0.05, 0) is 19.8 Å². The minimum Gasteiger partial charge on any atom is -0.330 e. The van der Waals surface area contributed by atoms with Crippen LogP contribution in [0.3, 0.4) is 0 Å². The molecule has 0 spiro atoms. The van der Waals surface area contributed by atoms with Gasteiger partial charge in [-0.25, -0.2) is 9.97 Å². The Bertz CT molecular complexity index is 366. The van der Waals surface area contributed by atoms with Crippen LogP contribution in [0.5, 0.6) is 0 Å². The average molecular weight is 256 g/mol. The summed E-state index contributed by atoms with van der Waals surface area (Å²) in [5.74, 6) is 1.04. The van der Waals surface area contributed by atoms with E-state index < -0.39 is 0 Å². The normalized spacial score (nSPS) is 12.8. The minimum atomic E-state index is 0.309. The number of aromatic nitrogens is 2. The van der Waals surface area contributed by atoms with Crippen molar-refractivity contribution in [1.29, 1.82) is 0 Å². The van der Waals surface area contributed by atoms with E-state index in [4.69, 9.17) is 17.3 Å². The molecular formula is C13H22ClN3. The van der Waals surface area contributed by atoms with E-state index in [0.29, 0.717) is 17.6 Å². The first kappa shape index (κ1) is 14.4. The number of nitrogens with zero attached hydrogens (tertiary/aromatic N) is 2. The first-order chi connectivity index (χ1) is 8.13. The van der Waals surface area contributed by atoms with Gasteiger partial charge in [0.15, 0.2) is 0 Å². The molecule has 0 saturated heterocycles. The lowest BCUT2D eigenvalue weighted by Gasteiger charge is -2.18. The van der Waals surface area contributed by atoms with E-state index in [2.05, 4.69) is 23.8 Å². The molecule has 1 unspecified atom stereocenters. The van der Waals surface area contributed by atoms with Crippen molar-refractivity contribution in [2.75, 3.05) is 6.54 Å². The molecular weight excluding hydrogens is 234 g/mol. The highest BCUT2D eigenvalue weighted by Crippen LogP contribution is 2.27. The average Bonchev–Trinajstić information content (AvgIpc) is 2.29. The molecule has 17 heavy (non-hydrogen) atoms. The van der Waals surface area contributed by atoms with E-state index in [1.54, 1.807) is 0 Å². The van der Waals surface area contributed by atoms with Crippen molar-refractivity contribution in [3.05, 3.63) is 22.2 Å². The Kier molecular flexibility index (Phi) is 5.86. The van der Waals surface area contributed by atoms with Crippen molar-refractivity contribution < 1.29 is 0 Å². The van der Waals surface area contributed by atoms with E-state index >= 15 is 0 Å². The van der Waals surface area contributed by atoms with E-state index in [-0.39, 0.29) is 0 Å². The second-order valence-corrected chi connectivity index (χ2v) is 4.71. The van der Waals surface area contributed by atoms with Crippen molar-refractivity contribution in [3.8, 4) is 0 Å². The van der Waals surface area contributed by atoms with E-state index in [0.717, 1.165) is 29.9 Å². The zero-order valence-electron chi connectivity index (χ0n) is 11.0. The molecule has 4 heteroatoms. The molecule has 0 fully saturated rings. The van der Waals surface area contributed by atoms with Crippen molar-refractivity contribution in [2.24, 2.45) is 5.73 Å². The molecule has 2 N–H and O–H groups in total. The van der Waals surface area contributed by atoms with Gasteiger partial charge in [-0.3, -0.25) is 0 Å². The highest BCUT2D eigenvalue weighted by molar-refractivity contribution is 6.30. The van der Waals surface area contributed by atoms with Crippen molar-refractivity contribution in [1.82, 2.24) is 9.97 Å². The van der Waals surface area contributed by atoms with Crippen LogP contribution in [0.1, 0.15) is 56.1 Å². The summed E-state index contributed by atoms with van der Waals surface area (Å²) in [6.45, 7) is 6.77. The summed E-state index contributed by atoms with van der Waals surface area (Å²) in [4.78, 5) is 8.77. The third-order valence-corrected chi connectivity index (χ3v) is 3.34. The molecule has 0 amide bonds. The van der Waals surface area contributed by atoms with Gasteiger partial charge in [0.2, 0.25) is 0 Å². The summed E-state index contributed by atoms with van der Waals surface area (Å²) >= 11 is 6.18. The lowest BCUT2D eigenvalue weighted by molar-refractivity contribution is 0.571. The monoisotopic (exact) mass is 255 g/mol. The predicted molar refractivity (Wildman–Crippen MR) is 72.5 cm³/mol. The Hall–Kier alpha value is -0.670. The summed E-state index contributed by atoms with van der Waals surface area (Å²) in [5, 5.41) is 0.588. The topological polar surface area (TPSA) is 51.8 Å². The van der Waals surface area contributed by atoms with Crippen LogP contribution in [0.4, 0.5) is 0 Å². The van der Waals surface area contributed by atoms with Gasteiger partial charge in [-0.15, -0.1) is 0 Å². The first-order valence-corrected chi connectivity index (χ1v) is 6.74. The first-order valence-electron chi connectivity index (χ1n) is 6.36. The molecule has 0 aliphatic carbocycles. The van der Waals surface area contributed by atoms with E-state index in [1.165, 1.54) is 12.8 Å². The van der Waals surface area contributed by atoms with Crippen LogP contribution >= 0.6 is 11.6 Å². The molecule has 1 aromatic heterocycles. The number of rotatable bonds is 6. The van der Waals surface area contributed by atoms with Crippen molar-refractivity contribution >= 4 is 11.6 Å². The summed E-state index contributed by atoms with van der Waals surface area (Å²) in [6, 6.07) is 0. The quantitative estimate of drug-likeness (QED) is 0.794. The molecule has 3 nitrogen and oxygen atoms in total. The maximum atomic E-state index is 6.18. The minimum absolute atomic E-state index is 0.309. The molecule has 0 radical (unpaired) electrons. The van der Waals surface area contributed by atoms with Crippen LogP contribution in [0.15, 0.2) is 0 Å². The summed E-state index contributed by atoms with van der Waals surface area (Å²) in [5.41, 5.74) is 7.98. The fourth-order valence-corrected chi connectivity index (χ4v) is 2.42. The third kappa shape index (κ3) is 3.65. The molecule has 0 bridgehead atoms. The second kappa shape index (κ2) is 6.92. The molecule has 0 aliphatic rings. The van der Waals surface area contributed by atoms with Crippen LogP contribution in [0.25, 0.3) is 0 Å². The molecule has 0 saturated carbocycles. The zero-order chi connectivity index (χ0) is 12.8. The molecule has 1 aromatic rings. The molecule has 0 aliphatic heterocycles. The lowest BCUT2D eigenvalue weighted by Crippen LogP contribution is -2.17. The number of nitrogens with two attached hydrogens (primary N) is 1. The van der Waals surface area contributed by atoms with Crippen LogP contribution in [-0.4, -0.2) is 16.5 Å². The Morgan fingerprint density at radius 2 is 2.00 bits per heavy atom. The number of unbranched alkanes of at least 4 members (excludes halogenated alkanes) is 1. The fourth-order valence-electron chi connectivity index (χ4n) is 2.06. The Morgan fingerprint density at radius 1 is 1.29 bits per heavy atom. The van der Waals surface area contributed by atoms with Gasteiger partial charge in [0.25, 0.3) is 0 Å². The number of hydrogen-bond acceptors (Lipinski definition) is 3. The van der Waals surface area contributed by atoms with Gasteiger partial charge in [0.1, 0.15) is 11.0 Å². The summed E-state index contributed by atoms with van der Waals surface area (Å²) in [7, 11) is 0. The maximum absolute atomic E-state index is 6.18. The number of halogens is 1. The highest BCUT2D eigenvalue weighted by atomic mass is 35.5. The molecule has 0 aromatic carbocycles. The van der Waals surface area contributed by atoms with Gasteiger partial charge >= 0.3 is 0 Å². The van der Waals surface area contributed by atoms with Crippen LogP contribution in [0.2, 0.25) is 5.15 Å². The molecule has 1 atom stereocenters. The van der Waals surface area contributed by atoms with Crippen LogP contribution in [0, 0.1) is 6.92 Å². The fraction of sp³-hybridized carbons (Fsp3) is 0.692. The highest BCUT2D eigenvalue weighted by Gasteiger charge is 2.18. The van der Waals surface area contributed by atoms with Crippen molar-refractivity contribution in [2.45, 2.75) is 52.4 Å². The second-order valence-electron chi connectivity index (χ2n) is 4.35. The van der Waals surface area contributed by atoms with E-state index in [9.17, 15) is 0 Å². The van der Waals surface area contributed by atoms with Gasteiger partial charge in [0, 0.05) is 18.0 Å². The van der Waals surface area contributed by atoms with Crippen LogP contribution in [-0.2, 0) is 6.42 Å². The smallest absolute Gasteiger partial charge is 0.136 e. The van der Waals surface area contributed by atoms with Crippen LogP contribution < -0.4 is 5.73 Å². The summed E-state index contributed by atoms with van der Waals surface area (Å²) in [6.07, 6.45) is 4.28. The molecule has 1 rings (SSSR count). The molecule has 1 heterocycles. The van der Waals surface area contributed by atoms with Gasteiger partial charge in [-0.2, -0.15) is 0 Å². The Balaban J connectivity index is 3.07. The third-order valence-electron chi connectivity index (χ3n) is 3.03. The van der Waals surface area contributed by atoms with Crippen molar-refractivity contribution in [3.63, 3.8) is 0 Å². The molecule has 96 valence electrons. The SMILES string of the molecule is CCCCC(CN)c1nc(C)nc(Cl)c1CC.